The quantitative estimate of drug-likeness (QED) is 0.832. The van der Waals surface area contributed by atoms with Gasteiger partial charge in [-0.1, -0.05) is 20.8 Å². The summed E-state index contributed by atoms with van der Waals surface area (Å²) >= 11 is 0. The number of aromatic nitrogens is 1. The summed E-state index contributed by atoms with van der Waals surface area (Å²) in [4.78, 5) is 7.11. The van der Waals surface area contributed by atoms with E-state index in [9.17, 15) is 5.26 Å². The third-order valence-corrected chi connectivity index (χ3v) is 4.09. The minimum absolute atomic E-state index is 0.0136. The van der Waals surface area contributed by atoms with E-state index in [0.717, 1.165) is 24.6 Å². The molecule has 0 aromatic carbocycles. The Morgan fingerprint density at radius 1 is 1.42 bits per heavy atom. The highest BCUT2D eigenvalue weighted by Crippen LogP contribution is 2.32. The summed E-state index contributed by atoms with van der Waals surface area (Å²) in [5, 5.41) is 12.8. The van der Waals surface area contributed by atoms with Crippen molar-refractivity contribution in [1.82, 2.24) is 10.3 Å². The zero-order valence-corrected chi connectivity index (χ0v) is 11.8. The van der Waals surface area contributed by atoms with Crippen LogP contribution in [0.5, 0.6) is 0 Å². The molecule has 19 heavy (non-hydrogen) atoms. The Bertz CT molecular complexity index is 538. The van der Waals surface area contributed by atoms with E-state index < -0.39 is 0 Å². The number of nitrogens with zero attached hydrogens (tertiary/aromatic N) is 3. The largest absolute Gasteiger partial charge is 0.350 e. The second-order valence-electron chi connectivity index (χ2n) is 6.58. The van der Waals surface area contributed by atoms with E-state index in [1.54, 1.807) is 0 Å². The smallest absolute Gasteiger partial charge is 0.147 e. The molecule has 2 aliphatic heterocycles. The maximum atomic E-state index is 9.31. The first kappa shape index (κ1) is 12.4. The molecule has 4 nitrogen and oxygen atoms in total. The molecule has 2 aliphatic rings. The van der Waals surface area contributed by atoms with E-state index in [1.807, 2.05) is 12.1 Å². The summed E-state index contributed by atoms with van der Waals surface area (Å²) in [5.74, 6) is 0.879. The molecule has 2 bridgehead atoms. The molecule has 1 N–H and O–H groups in total. The van der Waals surface area contributed by atoms with Crippen molar-refractivity contribution in [2.45, 2.75) is 44.7 Å². The third-order valence-electron chi connectivity index (χ3n) is 4.09. The summed E-state index contributed by atoms with van der Waals surface area (Å²) in [6, 6.07) is 7.25. The van der Waals surface area contributed by atoms with Gasteiger partial charge in [-0.3, -0.25) is 0 Å². The van der Waals surface area contributed by atoms with Crippen molar-refractivity contribution in [3.8, 4) is 6.07 Å². The van der Waals surface area contributed by atoms with Crippen molar-refractivity contribution >= 4 is 5.82 Å². The number of fused-ring (bicyclic) bond motifs is 2. The predicted molar refractivity (Wildman–Crippen MR) is 75.2 cm³/mol. The Morgan fingerprint density at radius 2 is 2.21 bits per heavy atom. The van der Waals surface area contributed by atoms with Crippen LogP contribution < -0.4 is 10.2 Å². The van der Waals surface area contributed by atoms with E-state index in [2.05, 4.69) is 37.1 Å². The molecule has 1 aromatic heterocycles. The van der Waals surface area contributed by atoms with E-state index in [-0.39, 0.29) is 5.41 Å². The minimum atomic E-state index is 0.0136. The molecule has 0 aliphatic carbocycles. The highest BCUT2D eigenvalue weighted by Gasteiger charge is 2.39. The van der Waals surface area contributed by atoms with Gasteiger partial charge >= 0.3 is 0 Å². The Labute approximate surface area is 114 Å². The zero-order valence-electron chi connectivity index (χ0n) is 11.8. The van der Waals surface area contributed by atoms with E-state index in [0.29, 0.717) is 17.6 Å². The fourth-order valence-corrected chi connectivity index (χ4v) is 2.99. The van der Waals surface area contributed by atoms with Gasteiger partial charge in [0.1, 0.15) is 11.9 Å². The Morgan fingerprint density at radius 3 is 2.74 bits per heavy atom. The summed E-state index contributed by atoms with van der Waals surface area (Å²) in [6.07, 6.45) is 1.17. The van der Waals surface area contributed by atoms with Crippen molar-refractivity contribution in [2.24, 2.45) is 0 Å². The number of pyridine rings is 1. The molecular formula is C15H20N4. The van der Waals surface area contributed by atoms with Crippen molar-refractivity contribution in [3.05, 3.63) is 23.4 Å². The fraction of sp³-hybridized carbons (Fsp3) is 0.600. The van der Waals surface area contributed by atoms with Crippen LogP contribution in [-0.2, 0) is 5.41 Å². The maximum absolute atomic E-state index is 9.31. The van der Waals surface area contributed by atoms with Crippen molar-refractivity contribution in [1.29, 1.82) is 5.26 Å². The van der Waals surface area contributed by atoms with Gasteiger partial charge in [-0.15, -0.1) is 0 Å². The number of nitrogens with one attached hydrogen (secondary N) is 1. The number of nitriles is 1. The van der Waals surface area contributed by atoms with Crippen LogP contribution in [0.4, 0.5) is 5.82 Å². The van der Waals surface area contributed by atoms with Crippen molar-refractivity contribution < 1.29 is 0 Å². The Kier molecular flexibility index (Phi) is 2.75. The van der Waals surface area contributed by atoms with Gasteiger partial charge in [0.15, 0.2) is 0 Å². The molecule has 0 saturated carbocycles. The van der Waals surface area contributed by atoms with Crippen LogP contribution in [0, 0.1) is 11.3 Å². The van der Waals surface area contributed by atoms with Gasteiger partial charge in [-0.05, 0) is 18.6 Å². The molecule has 0 amide bonds. The molecule has 0 spiro atoms. The molecule has 0 radical (unpaired) electrons. The standard InChI is InChI=1S/C15H20N4/c1-15(2,3)13-5-4-10(7-16)14(18-13)19-9-11-6-12(19)8-17-11/h4-5,11-12,17H,6,8-9H2,1-3H3/t11-,12-/m0/s1. The van der Waals surface area contributed by atoms with Crippen LogP contribution >= 0.6 is 0 Å². The van der Waals surface area contributed by atoms with Gasteiger partial charge < -0.3 is 10.2 Å². The molecule has 0 unspecified atom stereocenters. The van der Waals surface area contributed by atoms with Gasteiger partial charge in [-0.25, -0.2) is 4.98 Å². The summed E-state index contributed by atoms with van der Waals surface area (Å²) in [7, 11) is 0. The highest BCUT2D eigenvalue weighted by atomic mass is 15.3. The number of rotatable bonds is 1. The second-order valence-corrected chi connectivity index (χ2v) is 6.58. The van der Waals surface area contributed by atoms with Gasteiger partial charge in [-0.2, -0.15) is 5.26 Å². The van der Waals surface area contributed by atoms with E-state index in [4.69, 9.17) is 4.98 Å². The van der Waals surface area contributed by atoms with Crippen LogP contribution in [0.25, 0.3) is 0 Å². The molecule has 2 fully saturated rings. The van der Waals surface area contributed by atoms with Crippen LogP contribution in [0.15, 0.2) is 12.1 Å². The second kappa shape index (κ2) is 4.21. The number of hydrogen-bond donors (Lipinski definition) is 1. The Hall–Kier alpha value is -1.60. The van der Waals surface area contributed by atoms with Crippen molar-refractivity contribution in [2.75, 3.05) is 18.0 Å². The fourth-order valence-electron chi connectivity index (χ4n) is 2.99. The third kappa shape index (κ3) is 2.08. The first-order valence-electron chi connectivity index (χ1n) is 6.90. The molecule has 100 valence electrons. The lowest BCUT2D eigenvalue weighted by atomic mass is 9.91. The summed E-state index contributed by atoms with van der Waals surface area (Å²) in [5.41, 5.74) is 1.76. The average Bonchev–Trinajstić information content (AvgIpc) is 2.99. The highest BCUT2D eigenvalue weighted by molar-refractivity contribution is 5.57. The molecule has 1 aromatic rings. The molecular weight excluding hydrogens is 236 g/mol. The van der Waals surface area contributed by atoms with Crippen LogP contribution in [0.2, 0.25) is 0 Å². The van der Waals surface area contributed by atoms with Gasteiger partial charge in [0.25, 0.3) is 0 Å². The van der Waals surface area contributed by atoms with Gasteiger partial charge in [0.2, 0.25) is 0 Å². The van der Waals surface area contributed by atoms with Crippen LogP contribution in [-0.4, -0.2) is 30.2 Å². The van der Waals surface area contributed by atoms with Crippen LogP contribution in [0.3, 0.4) is 0 Å². The van der Waals surface area contributed by atoms with Crippen molar-refractivity contribution in [3.63, 3.8) is 0 Å². The monoisotopic (exact) mass is 256 g/mol. The average molecular weight is 256 g/mol. The predicted octanol–water partition coefficient (Wildman–Crippen LogP) is 1.80. The zero-order chi connectivity index (χ0) is 13.6. The van der Waals surface area contributed by atoms with E-state index >= 15 is 0 Å². The van der Waals surface area contributed by atoms with Crippen LogP contribution in [0.1, 0.15) is 38.4 Å². The lowest BCUT2D eigenvalue weighted by Crippen LogP contribution is -2.44. The first-order valence-corrected chi connectivity index (χ1v) is 6.90. The molecule has 4 heteroatoms. The minimum Gasteiger partial charge on any atom is -0.350 e. The molecule has 2 atom stereocenters. The number of hydrogen-bond acceptors (Lipinski definition) is 4. The maximum Gasteiger partial charge on any atom is 0.147 e. The topological polar surface area (TPSA) is 52.0 Å². The molecule has 3 heterocycles. The number of piperazine rings is 1. The van der Waals surface area contributed by atoms with Gasteiger partial charge in [0.05, 0.1) is 5.56 Å². The molecule has 3 rings (SSSR count). The summed E-state index contributed by atoms with van der Waals surface area (Å²) in [6.45, 7) is 8.45. The lowest BCUT2D eigenvalue weighted by molar-refractivity contribution is 0.555. The SMILES string of the molecule is CC(C)(C)c1ccc(C#N)c(N2C[C@@H]3C[C@H]2CN3)n1. The molecule has 2 saturated heterocycles. The Balaban J connectivity index is 2.02. The van der Waals surface area contributed by atoms with E-state index in [1.165, 1.54) is 6.42 Å². The summed E-state index contributed by atoms with van der Waals surface area (Å²) < 4.78 is 0. The van der Waals surface area contributed by atoms with Gasteiger partial charge in [0, 0.05) is 36.3 Å². The normalized spacial score (nSPS) is 25.7. The first-order chi connectivity index (χ1) is 8.99. The lowest BCUT2D eigenvalue weighted by Gasteiger charge is -2.30. The number of anilines is 1.